The largest absolute Gasteiger partial charge is 0.458 e. The molecule has 6 fully saturated rings. The molecule has 1 aromatic carbocycles. The number of esters is 2. The number of aliphatic hydroxyl groups is 1. The molecule has 6 aliphatic rings. The molecule has 13 atom stereocenters. The number of fused-ring (bicyclic) bond motifs is 2. The lowest BCUT2D eigenvalue weighted by Gasteiger charge is -2.68. The van der Waals surface area contributed by atoms with E-state index in [0.29, 0.717) is 18.7 Å². The van der Waals surface area contributed by atoms with Crippen LogP contribution in [-0.2, 0) is 38.0 Å². The monoisotopic (exact) mass is 613 g/mol. The van der Waals surface area contributed by atoms with Crippen LogP contribution in [-0.4, -0.2) is 112 Å². The predicted molar refractivity (Wildman–Crippen MR) is 153 cm³/mol. The molecule has 5 saturated carbocycles. The molecule has 240 valence electrons. The fourth-order valence-corrected chi connectivity index (χ4v) is 12.0. The predicted octanol–water partition coefficient (Wildman–Crippen LogP) is 1.84. The van der Waals surface area contributed by atoms with Crippen LogP contribution < -0.4 is 0 Å². The Bertz CT molecular complexity index is 1330. The van der Waals surface area contributed by atoms with E-state index in [1.54, 1.807) is 45.6 Å². The van der Waals surface area contributed by atoms with Crippen molar-refractivity contribution in [1.29, 1.82) is 0 Å². The van der Waals surface area contributed by atoms with Crippen LogP contribution in [0.3, 0.4) is 0 Å². The summed E-state index contributed by atoms with van der Waals surface area (Å²) in [7, 11) is 6.58. The van der Waals surface area contributed by atoms with Crippen LogP contribution in [0.25, 0.3) is 0 Å². The summed E-state index contributed by atoms with van der Waals surface area (Å²) in [4.78, 5) is 41.7. The van der Waals surface area contributed by atoms with Crippen molar-refractivity contribution in [3.05, 3.63) is 35.9 Å². The van der Waals surface area contributed by atoms with Gasteiger partial charge in [-0.25, -0.2) is 4.79 Å². The normalized spacial score (nSPS) is 47.7. The Morgan fingerprint density at radius 1 is 1.02 bits per heavy atom. The van der Waals surface area contributed by atoms with Gasteiger partial charge in [0.1, 0.15) is 17.3 Å². The van der Waals surface area contributed by atoms with Gasteiger partial charge in [-0.2, -0.15) is 0 Å². The van der Waals surface area contributed by atoms with Crippen molar-refractivity contribution in [3.63, 3.8) is 0 Å². The molecule has 7 rings (SSSR count). The highest BCUT2D eigenvalue weighted by Gasteiger charge is 2.90. The van der Waals surface area contributed by atoms with E-state index >= 15 is 0 Å². The zero-order chi connectivity index (χ0) is 31.2. The van der Waals surface area contributed by atoms with Crippen molar-refractivity contribution in [2.75, 3.05) is 41.6 Å². The second kappa shape index (κ2) is 10.2. The number of carbonyl (C=O) groups is 3. The molecule has 44 heavy (non-hydrogen) atoms. The van der Waals surface area contributed by atoms with Gasteiger partial charge in [0.2, 0.25) is 6.41 Å². The van der Waals surface area contributed by atoms with Gasteiger partial charge in [0.05, 0.1) is 30.5 Å². The Morgan fingerprint density at radius 3 is 2.36 bits per heavy atom. The zero-order valence-electron chi connectivity index (χ0n) is 26.0. The fraction of sp³-hybridized carbons (Fsp3) is 0.727. The number of methoxy groups -OCH3 is 4. The molecule has 11 heteroatoms. The number of rotatable bonds is 9. The molecular weight excluding hydrogens is 570 g/mol. The maximum atomic E-state index is 13.7. The number of ether oxygens (including phenoxy) is 6. The zero-order valence-corrected chi connectivity index (χ0v) is 26.0. The van der Waals surface area contributed by atoms with Crippen molar-refractivity contribution in [2.24, 2.45) is 34.5 Å². The van der Waals surface area contributed by atoms with Crippen molar-refractivity contribution < 1.29 is 47.9 Å². The molecule has 1 N–H and O–H groups in total. The number of carbonyl (C=O) groups excluding carboxylic acids is 3. The molecule has 1 aliphatic heterocycles. The maximum Gasteiger partial charge on any atom is 0.338 e. The standard InChI is InChI=1S/C33H43NO10/c1-18(36)44-32-14-22(41-4)31(38)13-20(23(32)28(31)43-29(37)19-9-7-6-8-10-19)33-21(40-3)11-12-30(16-39-2)15-34(17-35)27(33)24(32)25(42-5)26(30)33/h6-10,17,20-28,38H,11-16H2,1-5H3. The summed E-state index contributed by atoms with van der Waals surface area (Å²) < 4.78 is 37.6. The average Bonchev–Trinajstić information content (AvgIpc) is 3.39. The minimum Gasteiger partial charge on any atom is -0.458 e. The molecule has 11 nitrogen and oxygen atoms in total. The number of piperidine rings is 1. The first-order valence-electron chi connectivity index (χ1n) is 15.6. The van der Waals surface area contributed by atoms with E-state index in [9.17, 15) is 19.5 Å². The molecule has 1 amide bonds. The Hall–Kier alpha value is -2.57. The minimum absolute atomic E-state index is 0.137. The summed E-state index contributed by atoms with van der Waals surface area (Å²) in [5.74, 6) is -2.66. The Balaban J connectivity index is 1.50. The van der Waals surface area contributed by atoms with Crippen LogP contribution in [0.15, 0.2) is 30.3 Å². The van der Waals surface area contributed by atoms with Gasteiger partial charge >= 0.3 is 11.9 Å². The van der Waals surface area contributed by atoms with Crippen LogP contribution in [0, 0.1) is 34.5 Å². The van der Waals surface area contributed by atoms with Crippen LogP contribution >= 0.6 is 0 Å². The third-order valence-electron chi connectivity index (χ3n) is 12.7. The first-order chi connectivity index (χ1) is 21.1. The molecule has 1 heterocycles. The van der Waals surface area contributed by atoms with Gasteiger partial charge in [0.25, 0.3) is 0 Å². The molecule has 0 radical (unpaired) electrons. The van der Waals surface area contributed by atoms with E-state index in [2.05, 4.69) is 0 Å². The summed E-state index contributed by atoms with van der Waals surface area (Å²) in [5.41, 5.74) is -3.63. The molecule has 13 unspecified atom stereocenters. The van der Waals surface area contributed by atoms with Gasteiger partial charge in [-0.1, -0.05) is 18.2 Å². The number of amides is 1. The first-order valence-corrected chi connectivity index (χ1v) is 15.6. The number of nitrogens with zero attached hydrogens (tertiary/aromatic N) is 1. The quantitative estimate of drug-likeness (QED) is 0.325. The number of benzene rings is 1. The highest BCUT2D eigenvalue weighted by molar-refractivity contribution is 5.89. The van der Waals surface area contributed by atoms with Gasteiger partial charge in [0, 0.05) is 83.0 Å². The molecule has 1 spiro atoms. The highest BCUT2D eigenvalue weighted by Crippen LogP contribution is 2.80. The van der Waals surface area contributed by atoms with E-state index in [1.807, 2.05) is 11.0 Å². The van der Waals surface area contributed by atoms with Crippen molar-refractivity contribution in [1.82, 2.24) is 4.90 Å². The second-order valence-electron chi connectivity index (χ2n) is 14.0. The van der Waals surface area contributed by atoms with Crippen LogP contribution in [0.5, 0.6) is 0 Å². The first kappa shape index (κ1) is 30.1. The van der Waals surface area contributed by atoms with Crippen LogP contribution in [0.4, 0.5) is 0 Å². The average molecular weight is 614 g/mol. The molecule has 0 aromatic heterocycles. The van der Waals surface area contributed by atoms with Gasteiger partial charge in [-0.3, -0.25) is 9.59 Å². The summed E-state index contributed by atoms with van der Waals surface area (Å²) in [6, 6.07) is 8.26. The second-order valence-corrected chi connectivity index (χ2v) is 14.0. The molecular formula is C33H43NO10. The lowest BCUT2D eigenvalue weighted by molar-refractivity contribution is -0.283. The van der Waals surface area contributed by atoms with Gasteiger partial charge in [0.15, 0.2) is 0 Å². The molecule has 7 bridgehead atoms. The van der Waals surface area contributed by atoms with E-state index < -0.39 is 70.2 Å². The highest BCUT2D eigenvalue weighted by atomic mass is 16.6. The maximum absolute atomic E-state index is 13.7. The Morgan fingerprint density at radius 2 is 1.75 bits per heavy atom. The van der Waals surface area contributed by atoms with E-state index in [1.165, 1.54) is 14.0 Å². The molecule has 1 saturated heterocycles. The van der Waals surface area contributed by atoms with Gasteiger partial charge in [-0.05, 0) is 37.3 Å². The topological polar surface area (TPSA) is 130 Å². The van der Waals surface area contributed by atoms with Crippen LogP contribution in [0.2, 0.25) is 0 Å². The number of hydrogen-bond donors (Lipinski definition) is 1. The Kier molecular flexibility index (Phi) is 6.99. The Labute approximate surface area is 257 Å². The summed E-state index contributed by atoms with van der Waals surface area (Å²) >= 11 is 0. The SMILES string of the molecule is COCC12CCC(OC)C34C5CC6(O)C(OC)CC(OC(C)=O)(C5C6OC(=O)c5ccccc5)C(C(OC)C13)C4N(C=O)C2. The lowest BCUT2D eigenvalue weighted by Crippen LogP contribution is -2.77. The summed E-state index contributed by atoms with van der Waals surface area (Å²) in [6.07, 6.45) is 0.195. The minimum atomic E-state index is -1.57. The number of likely N-dealkylation sites (tertiary alicyclic amines) is 1. The van der Waals surface area contributed by atoms with E-state index in [4.69, 9.17) is 28.4 Å². The van der Waals surface area contributed by atoms with E-state index in [0.717, 1.165) is 19.3 Å². The van der Waals surface area contributed by atoms with Crippen molar-refractivity contribution in [2.45, 2.75) is 74.3 Å². The molecule has 1 aromatic rings. The smallest absolute Gasteiger partial charge is 0.338 e. The fourth-order valence-electron chi connectivity index (χ4n) is 12.0. The van der Waals surface area contributed by atoms with Crippen LogP contribution in [0.1, 0.15) is 43.0 Å². The van der Waals surface area contributed by atoms with Gasteiger partial charge < -0.3 is 38.4 Å². The van der Waals surface area contributed by atoms with Gasteiger partial charge in [-0.15, -0.1) is 0 Å². The third-order valence-corrected chi connectivity index (χ3v) is 12.7. The lowest BCUT2D eigenvalue weighted by atomic mass is 9.43. The number of hydrogen-bond acceptors (Lipinski definition) is 10. The summed E-state index contributed by atoms with van der Waals surface area (Å²) in [5, 5.41) is 12.7. The third kappa shape index (κ3) is 3.48. The summed E-state index contributed by atoms with van der Waals surface area (Å²) in [6.45, 7) is 2.26. The molecule has 5 aliphatic carbocycles. The van der Waals surface area contributed by atoms with E-state index in [-0.39, 0.29) is 30.8 Å². The van der Waals surface area contributed by atoms with Crippen molar-refractivity contribution >= 4 is 18.3 Å². The van der Waals surface area contributed by atoms with Crippen molar-refractivity contribution in [3.8, 4) is 0 Å².